The van der Waals surface area contributed by atoms with Gasteiger partial charge >= 0.3 is 0 Å². The molecule has 172 valence electrons. The van der Waals surface area contributed by atoms with Gasteiger partial charge in [0.25, 0.3) is 0 Å². The molecule has 0 fully saturated rings. The summed E-state index contributed by atoms with van der Waals surface area (Å²) in [7, 11) is 0. The van der Waals surface area contributed by atoms with Crippen molar-refractivity contribution < 1.29 is 4.79 Å². The van der Waals surface area contributed by atoms with Crippen molar-refractivity contribution >= 4 is 29.1 Å². The summed E-state index contributed by atoms with van der Waals surface area (Å²) in [6, 6.07) is 13.7. The van der Waals surface area contributed by atoms with E-state index >= 15 is 0 Å². The minimum atomic E-state index is -0.561. The Hall–Kier alpha value is -2.71. The molecule has 0 aliphatic carbocycles. The van der Waals surface area contributed by atoms with Gasteiger partial charge in [0.15, 0.2) is 0 Å². The Morgan fingerprint density at radius 2 is 2.00 bits per heavy atom. The first kappa shape index (κ1) is 24.9. The van der Waals surface area contributed by atoms with E-state index in [0.717, 1.165) is 12.1 Å². The van der Waals surface area contributed by atoms with Crippen LogP contribution in [0.3, 0.4) is 0 Å². The molecule has 2 aromatic carbocycles. The molecule has 0 aliphatic rings. The fraction of sp³-hybridized carbons (Fsp3) is 0.296. The molecule has 1 aromatic heterocycles. The number of nitrogens with zero attached hydrogens (tertiary/aromatic N) is 1. The van der Waals surface area contributed by atoms with Crippen LogP contribution in [0.5, 0.6) is 0 Å². The number of alkyl halides is 1. The number of amides is 1. The number of halogens is 2. The van der Waals surface area contributed by atoms with E-state index in [1.165, 1.54) is 22.4 Å². The van der Waals surface area contributed by atoms with Gasteiger partial charge in [-0.1, -0.05) is 43.4 Å². The lowest BCUT2D eigenvalue weighted by Crippen LogP contribution is -2.14. The van der Waals surface area contributed by atoms with Crippen LogP contribution in [-0.4, -0.2) is 17.0 Å². The number of rotatable bonds is 8. The molecule has 6 heteroatoms. The molecule has 3 rings (SSSR count). The number of primary amides is 1. The number of hydrogen-bond donors (Lipinski definition) is 2. The molecule has 4 nitrogen and oxygen atoms in total. The van der Waals surface area contributed by atoms with Crippen LogP contribution < -0.4 is 11.1 Å². The summed E-state index contributed by atoms with van der Waals surface area (Å²) in [5.74, 6) is 6.51. The number of carbonyl (C=O) groups is 1. The van der Waals surface area contributed by atoms with Gasteiger partial charge in [0.05, 0.1) is 17.1 Å². The van der Waals surface area contributed by atoms with Gasteiger partial charge in [-0.25, -0.2) is 0 Å². The third-order valence-electron chi connectivity index (χ3n) is 5.64. The quantitative estimate of drug-likeness (QED) is 0.238. The molecule has 1 unspecified atom stereocenters. The van der Waals surface area contributed by atoms with Crippen molar-refractivity contribution in [3.63, 3.8) is 0 Å². The van der Waals surface area contributed by atoms with Crippen molar-refractivity contribution in [2.24, 2.45) is 5.73 Å². The minimum absolute atomic E-state index is 0.280. The van der Waals surface area contributed by atoms with Crippen molar-refractivity contribution in [1.82, 2.24) is 9.88 Å². The van der Waals surface area contributed by atoms with Crippen LogP contribution in [0, 0.1) is 18.8 Å². The van der Waals surface area contributed by atoms with Crippen molar-refractivity contribution in [2.45, 2.75) is 45.5 Å². The maximum Gasteiger partial charge on any atom is 0.250 e. The summed E-state index contributed by atoms with van der Waals surface area (Å²) < 4.78 is 2.26. The number of hydrogen-bond acceptors (Lipinski definition) is 2. The van der Waals surface area contributed by atoms with Gasteiger partial charge in [-0.05, 0) is 72.4 Å². The van der Waals surface area contributed by atoms with E-state index in [9.17, 15) is 4.79 Å². The molecule has 3 aromatic rings. The van der Waals surface area contributed by atoms with Crippen LogP contribution >= 0.6 is 23.2 Å². The predicted molar refractivity (Wildman–Crippen MR) is 137 cm³/mol. The van der Waals surface area contributed by atoms with Crippen LogP contribution in [-0.2, 0) is 12.4 Å². The highest BCUT2D eigenvalue weighted by Gasteiger charge is 2.16. The molecule has 3 N–H and O–H groups in total. The number of carbonyl (C=O) groups excluding carboxylic acids is 1. The first-order chi connectivity index (χ1) is 15.8. The van der Waals surface area contributed by atoms with Gasteiger partial charge in [0.2, 0.25) is 5.91 Å². The zero-order valence-corrected chi connectivity index (χ0v) is 20.7. The first-order valence-electron chi connectivity index (χ1n) is 11.0. The highest BCUT2D eigenvalue weighted by molar-refractivity contribution is 6.33. The second-order valence-corrected chi connectivity index (χ2v) is 8.85. The Morgan fingerprint density at radius 1 is 1.21 bits per heavy atom. The van der Waals surface area contributed by atoms with Crippen molar-refractivity contribution in [3.8, 4) is 17.5 Å². The average molecular weight is 482 g/mol. The molecule has 1 atom stereocenters. The molecular weight excluding hydrogens is 453 g/mol. The molecule has 0 saturated carbocycles. The van der Waals surface area contributed by atoms with Gasteiger partial charge in [0.1, 0.15) is 0 Å². The maximum atomic E-state index is 11.4. The summed E-state index contributed by atoms with van der Waals surface area (Å²) in [6.45, 7) is 7.75. The van der Waals surface area contributed by atoms with Crippen LogP contribution in [0.15, 0.2) is 48.7 Å². The molecule has 0 aliphatic heterocycles. The molecule has 0 radical (unpaired) electrons. The Kier molecular flexibility index (Phi) is 8.63. The normalized spacial score (nSPS) is 11.7. The Bertz CT molecular complexity index is 1200. The largest absolute Gasteiger partial charge is 0.366 e. The lowest BCUT2D eigenvalue weighted by Gasteiger charge is -2.17. The van der Waals surface area contributed by atoms with E-state index in [2.05, 4.69) is 73.0 Å². The number of benzene rings is 2. The third kappa shape index (κ3) is 6.21. The van der Waals surface area contributed by atoms with Gasteiger partial charge in [-0.2, -0.15) is 0 Å². The first-order valence-corrected chi connectivity index (χ1v) is 11.9. The summed E-state index contributed by atoms with van der Waals surface area (Å²) in [5, 5.41) is 3.70. The lowest BCUT2D eigenvalue weighted by atomic mass is 10.0. The third-order valence-corrected chi connectivity index (χ3v) is 6.26. The van der Waals surface area contributed by atoms with Gasteiger partial charge in [-0.15, -0.1) is 11.6 Å². The van der Waals surface area contributed by atoms with Crippen molar-refractivity contribution in [1.29, 1.82) is 0 Å². The Labute approximate surface area is 206 Å². The van der Waals surface area contributed by atoms with E-state index in [0.29, 0.717) is 35.5 Å². The van der Waals surface area contributed by atoms with Crippen LogP contribution in [0.4, 0.5) is 0 Å². The zero-order valence-electron chi connectivity index (χ0n) is 19.2. The topological polar surface area (TPSA) is 60.1 Å². The van der Waals surface area contributed by atoms with Crippen LogP contribution in [0.25, 0.3) is 5.69 Å². The monoisotopic (exact) mass is 481 g/mol. The Balaban J connectivity index is 1.72. The fourth-order valence-corrected chi connectivity index (χ4v) is 4.30. The standard InChI is InChI=1S/C27H29Cl2N3O/c1-4-19(3)26-22(16-28)9-11-32(26)23-13-18(2)12-21(14-23)17-31-10-5-6-20-7-8-25(29)24(15-20)27(30)33/h7-9,11-15,19,31H,4,10,16-17H2,1-3H3,(H2,30,33). The molecule has 0 bridgehead atoms. The number of nitrogens with one attached hydrogen (secondary N) is 1. The van der Waals surface area contributed by atoms with Crippen molar-refractivity contribution in [2.75, 3.05) is 6.54 Å². The van der Waals surface area contributed by atoms with E-state index in [1.807, 2.05) is 0 Å². The number of nitrogens with two attached hydrogens (primary N) is 1. The maximum absolute atomic E-state index is 11.4. The van der Waals surface area contributed by atoms with Gasteiger partial charge in [0, 0.05) is 35.6 Å². The molecule has 0 spiro atoms. The molecule has 1 heterocycles. The summed E-state index contributed by atoms with van der Waals surface area (Å²) in [4.78, 5) is 11.4. The van der Waals surface area contributed by atoms with Crippen molar-refractivity contribution in [3.05, 3.63) is 87.2 Å². The molecule has 33 heavy (non-hydrogen) atoms. The highest BCUT2D eigenvalue weighted by Crippen LogP contribution is 2.29. The summed E-state index contributed by atoms with van der Waals surface area (Å²) in [6.07, 6.45) is 3.17. The summed E-state index contributed by atoms with van der Waals surface area (Å²) in [5.41, 5.74) is 12.3. The van der Waals surface area contributed by atoms with E-state index in [-0.39, 0.29) is 5.56 Å². The lowest BCUT2D eigenvalue weighted by molar-refractivity contribution is 0.100. The van der Waals surface area contributed by atoms with E-state index < -0.39 is 5.91 Å². The number of aryl methyl sites for hydroxylation is 1. The van der Waals surface area contributed by atoms with Crippen LogP contribution in [0.2, 0.25) is 5.02 Å². The predicted octanol–water partition coefficient (Wildman–Crippen LogP) is 5.93. The molecule has 1 amide bonds. The smallest absolute Gasteiger partial charge is 0.250 e. The SMILES string of the molecule is CCC(C)c1c(CCl)ccn1-c1cc(C)cc(CNCC#Cc2ccc(Cl)c(C(N)=O)c2)c1. The zero-order chi connectivity index (χ0) is 24.0. The summed E-state index contributed by atoms with van der Waals surface area (Å²) >= 11 is 12.2. The van der Waals surface area contributed by atoms with Crippen LogP contribution in [0.1, 0.15) is 64.5 Å². The Morgan fingerprint density at radius 3 is 2.70 bits per heavy atom. The number of aromatic nitrogens is 1. The van der Waals surface area contributed by atoms with E-state index in [4.69, 9.17) is 28.9 Å². The van der Waals surface area contributed by atoms with E-state index in [1.54, 1.807) is 18.2 Å². The second kappa shape index (κ2) is 11.4. The van der Waals surface area contributed by atoms with Gasteiger partial charge in [-0.3, -0.25) is 4.79 Å². The molecular formula is C27H29Cl2N3O. The highest BCUT2D eigenvalue weighted by atomic mass is 35.5. The molecule has 0 saturated heterocycles. The van der Waals surface area contributed by atoms with Gasteiger partial charge < -0.3 is 15.6 Å². The minimum Gasteiger partial charge on any atom is -0.366 e. The average Bonchev–Trinajstić information content (AvgIpc) is 3.23. The fourth-order valence-electron chi connectivity index (χ4n) is 3.86. The second-order valence-electron chi connectivity index (χ2n) is 8.18.